The zero-order chi connectivity index (χ0) is 4.50. The summed E-state index contributed by atoms with van der Waals surface area (Å²) in [4.78, 5) is 25.4. The third-order valence-electron chi connectivity index (χ3n) is 0. The molecule has 0 N–H and O–H groups in total. The summed E-state index contributed by atoms with van der Waals surface area (Å²) in [7, 11) is -5.86. The van der Waals surface area contributed by atoms with E-state index in [0.29, 0.717) is 0 Å². The van der Waals surface area contributed by atoms with Crippen molar-refractivity contribution < 1.29 is 18.5 Å². The summed E-state index contributed by atoms with van der Waals surface area (Å²) in [6, 6.07) is 0. The van der Waals surface area contributed by atoms with Crippen LogP contribution in [0.1, 0.15) is 0 Å². The first-order chi connectivity index (χ1) is 2.00. The predicted molar refractivity (Wildman–Crippen MR) is 12.6 cm³/mol. The van der Waals surface area contributed by atoms with Gasteiger partial charge < -0.3 is 18.5 Å². The van der Waals surface area contributed by atoms with Crippen molar-refractivity contribution in [3.63, 3.8) is 0 Å². The van der Waals surface area contributed by atoms with E-state index >= 15 is 0 Å². The molecule has 0 fully saturated rings. The minimum Gasteiger partial charge on any atom is -0.857 e. The van der Waals surface area contributed by atoms with Crippen LogP contribution in [0.15, 0.2) is 0 Å². The van der Waals surface area contributed by atoms with Crippen LogP contribution in [0.5, 0.6) is 0 Å². The molecule has 0 aliphatic rings. The summed E-state index contributed by atoms with van der Waals surface area (Å²) >= 11 is 0. The Labute approximate surface area is 37.2 Å². The van der Waals surface area contributed by atoms with Crippen molar-refractivity contribution in [3.8, 4) is 0 Å². The largest absolute Gasteiger partial charge is 3.00 e. The van der Waals surface area contributed by atoms with Gasteiger partial charge in [-0.3, -0.25) is 0 Å². The Morgan fingerprint density at radius 3 is 1.17 bits per heavy atom. The molecule has 32 valence electrons. The molecule has 0 radical (unpaired) electrons. The van der Waals surface area contributed by atoms with Crippen molar-refractivity contribution >= 4 is 17.6 Å². The van der Waals surface area contributed by atoms with E-state index in [1.807, 2.05) is 0 Å². The van der Waals surface area contributed by atoms with Gasteiger partial charge in [-0.25, -0.2) is 0 Å². The van der Waals surface area contributed by atoms with Crippen LogP contribution in [0.4, 0.5) is 4.11 Å². The van der Waals surface area contributed by atoms with Gasteiger partial charge in [0.15, 0.2) is 0 Å². The number of hydrogen-bond donors (Lipinski definition) is 0. The molecule has 0 unspecified atom stereocenters. The fraction of sp³-hybridized carbons (Fsp3) is 0. The molecular formula is BFO3Si. The second kappa shape index (κ2) is 2.30. The fourth-order valence-corrected chi connectivity index (χ4v) is 0. The topological polar surface area (TPSA) is 69.2 Å². The van der Waals surface area contributed by atoms with E-state index < -0.39 is 9.14 Å². The second-order valence-corrected chi connectivity index (χ2v) is 1.44. The molecule has 0 saturated carbocycles. The van der Waals surface area contributed by atoms with Crippen LogP contribution >= 0.6 is 0 Å². The molecule has 6 heavy (non-hydrogen) atoms. The van der Waals surface area contributed by atoms with E-state index in [1.54, 1.807) is 0 Å². The molecule has 0 rings (SSSR count). The summed E-state index contributed by atoms with van der Waals surface area (Å²) in [6.07, 6.45) is 0. The normalized spacial score (nSPS) is 10.0. The van der Waals surface area contributed by atoms with Crippen LogP contribution in [0.2, 0.25) is 0 Å². The fourth-order valence-electron chi connectivity index (χ4n) is 0. The quantitative estimate of drug-likeness (QED) is 0.234. The third kappa shape index (κ3) is 4640. The zero-order valence-corrected chi connectivity index (χ0v) is 3.68. The number of rotatable bonds is 0. The smallest absolute Gasteiger partial charge is 0.857 e. The van der Waals surface area contributed by atoms with Gasteiger partial charge in [-0.2, -0.15) is 0 Å². The van der Waals surface area contributed by atoms with Gasteiger partial charge in [0, 0.05) is 0 Å². The average Bonchev–Trinajstić information content (AvgIpc) is 0.722. The van der Waals surface area contributed by atoms with Crippen molar-refractivity contribution in [1.82, 2.24) is 0 Å². The van der Waals surface area contributed by atoms with Gasteiger partial charge in [-0.15, -0.1) is 0 Å². The van der Waals surface area contributed by atoms with Gasteiger partial charge in [0.2, 0.25) is 0 Å². The minimum atomic E-state index is -5.86. The zero-order valence-electron chi connectivity index (χ0n) is 2.68. The summed E-state index contributed by atoms with van der Waals surface area (Å²) in [5.41, 5.74) is 0. The van der Waals surface area contributed by atoms with Crippen molar-refractivity contribution in [2.24, 2.45) is 0 Å². The van der Waals surface area contributed by atoms with Crippen LogP contribution in [0, 0.1) is 0 Å². The standard InChI is InChI=1S/B.FO3Si/c;1-5(2,3)4/q+3;-3. The Kier molecular flexibility index (Phi) is 3.61. The molecule has 0 aliphatic heterocycles. The molecule has 0 aromatic carbocycles. The molecule has 6 heteroatoms. The Morgan fingerprint density at radius 1 is 1.17 bits per heavy atom. The van der Waals surface area contributed by atoms with Gasteiger partial charge in [0.1, 0.15) is 0 Å². The van der Waals surface area contributed by atoms with Crippen molar-refractivity contribution in [1.29, 1.82) is 0 Å². The Balaban J connectivity index is 0. The molecule has 0 heterocycles. The van der Waals surface area contributed by atoms with E-state index in [0.717, 1.165) is 0 Å². The molecule has 0 bridgehead atoms. The summed E-state index contributed by atoms with van der Waals surface area (Å²) in [5, 5.41) is 0. The molecule has 0 amide bonds. The Bertz CT molecular complexity index is 26.3. The van der Waals surface area contributed by atoms with Crippen LogP contribution in [-0.2, 0) is 0 Å². The summed E-state index contributed by atoms with van der Waals surface area (Å²) < 4.78 is 10.2. The van der Waals surface area contributed by atoms with Gasteiger partial charge in [-0.05, 0) is 0 Å². The molecular weight excluding hydrogens is 106 g/mol. The van der Waals surface area contributed by atoms with Gasteiger partial charge in [-0.1, -0.05) is 9.14 Å². The van der Waals surface area contributed by atoms with Crippen molar-refractivity contribution in [3.05, 3.63) is 0 Å². The first kappa shape index (κ1) is 9.43. The van der Waals surface area contributed by atoms with Crippen LogP contribution in [0.3, 0.4) is 0 Å². The minimum absolute atomic E-state index is 0. The van der Waals surface area contributed by atoms with E-state index in [1.165, 1.54) is 0 Å². The van der Waals surface area contributed by atoms with E-state index in [-0.39, 0.29) is 8.41 Å². The maximum Gasteiger partial charge on any atom is 3.00 e. The predicted octanol–water partition coefficient (Wildman–Crippen LogP) is -3.91. The maximum absolute atomic E-state index is 10.2. The van der Waals surface area contributed by atoms with Crippen molar-refractivity contribution in [2.75, 3.05) is 0 Å². The van der Waals surface area contributed by atoms with E-state index in [9.17, 15) is 4.11 Å². The SMILES string of the molecule is [B+3].[O-][Si]([O-])([O-])F. The second-order valence-electron chi connectivity index (χ2n) is 0.481. The molecule has 0 aliphatic carbocycles. The third-order valence-corrected chi connectivity index (χ3v) is 0. The Morgan fingerprint density at radius 2 is 1.17 bits per heavy atom. The number of halogens is 1. The summed E-state index contributed by atoms with van der Waals surface area (Å²) in [6.45, 7) is 0. The Hall–Kier alpha value is 0.0918. The van der Waals surface area contributed by atoms with Gasteiger partial charge >= 0.3 is 8.41 Å². The average molecular weight is 106 g/mol. The van der Waals surface area contributed by atoms with Crippen molar-refractivity contribution in [2.45, 2.75) is 0 Å². The van der Waals surface area contributed by atoms with Crippen LogP contribution < -0.4 is 14.4 Å². The monoisotopic (exact) mass is 106 g/mol. The van der Waals surface area contributed by atoms with Gasteiger partial charge in [0.05, 0.1) is 0 Å². The first-order valence-electron chi connectivity index (χ1n) is 0.801. The molecule has 0 atom stereocenters. The molecule has 0 saturated heterocycles. The number of hydrogen-bond acceptors (Lipinski definition) is 3. The van der Waals surface area contributed by atoms with Crippen LogP contribution in [-0.4, -0.2) is 17.6 Å². The molecule has 3 nitrogen and oxygen atoms in total. The molecule has 0 aromatic heterocycles. The maximum atomic E-state index is 10.2. The van der Waals surface area contributed by atoms with Crippen LogP contribution in [0.25, 0.3) is 0 Å². The molecule has 0 spiro atoms. The van der Waals surface area contributed by atoms with E-state index in [4.69, 9.17) is 14.4 Å². The van der Waals surface area contributed by atoms with E-state index in [2.05, 4.69) is 0 Å². The first-order valence-corrected chi connectivity index (χ1v) is 2.40. The van der Waals surface area contributed by atoms with Gasteiger partial charge in [0.25, 0.3) is 0 Å². The molecule has 0 aromatic rings. The summed E-state index contributed by atoms with van der Waals surface area (Å²) in [5.74, 6) is 0.